The van der Waals surface area contributed by atoms with Crippen LogP contribution < -0.4 is 4.90 Å². The van der Waals surface area contributed by atoms with Gasteiger partial charge in [-0.25, -0.2) is 0 Å². The van der Waals surface area contributed by atoms with Crippen molar-refractivity contribution in [1.29, 1.82) is 0 Å². The fraction of sp³-hybridized carbons (Fsp3) is 0.269. The molecule has 1 heterocycles. The molecule has 0 atom stereocenters. The molecule has 5 nitrogen and oxygen atoms in total. The molecule has 0 saturated carbocycles. The maximum absolute atomic E-state index is 12.0. The molecule has 2 aromatic carbocycles. The highest BCUT2D eigenvalue weighted by Crippen LogP contribution is 2.40. The van der Waals surface area contributed by atoms with E-state index >= 15 is 0 Å². The molecular weight excluding hydrogens is 388 g/mol. The van der Waals surface area contributed by atoms with Crippen molar-refractivity contribution >= 4 is 29.0 Å². The summed E-state index contributed by atoms with van der Waals surface area (Å²) >= 11 is 0. The van der Waals surface area contributed by atoms with Crippen LogP contribution in [0.4, 0.5) is 11.4 Å². The van der Waals surface area contributed by atoms with Crippen molar-refractivity contribution in [3.05, 3.63) is 84.1 Å². The average Bonchev–Trinajstić information content (AvgIpc) is 2.94. The van der Waals surface area contributed by atoms with Gasteiger partial charge in [-0.3, -0.25) is 14.5 Å². The number of allylic oxidation sites excluding steroid dienone is 3. The predicted molar refractivity (Wildman–Crippen MR) is 124 cm³/mol. The second-order valence-electron chi connectivity index (χ2n) is 8.10. The molecule has 1 N–H and O–H groups in total. The number of hydrogen-bond donors (Lipinski definition) is 1. The molecule has 160 valence electrons. The Balaban J connectivity index is 1.89. The zero-order chi connectivity index (χ0) is 22.6. The Hall–Kier alpha value is -3.47. The predicted octanol–water partition coefficient (Wildman–Crippen LogP) is 4.83. The molecule has 0 fully saturated rings. The van der Waals surface area contributed by atoms with E-state index in [1.54, 1.807) is 18.0 Å². The molecule has 1 aliphatic heterocycles. The number of hydrogen-bond acceptors (Lipinski definition) is 2. The van der Waals surface area contributed by atoms with Crippen molar-refractivity contribution in [2.45, 2.75) is 39.5 Å². The van der Waals surface area contributed by atoms with Crippen LogP contribution in [0.2, 0.25) is 0 Å². The van der Waals surface area contributed by atoms with Gasteiger partial charge in [-0.1, -0.05) is 30.3 Å². The Morgan fingerprint density at radius 1 is 1.10 bits per heavy atom. The van der Waals surface area contributed by atoms with Gasteiger partial charge in [-0.15, -0.1) is 0 Å². The molecule has 0 spiro atoms. The number of fused-ring (bicyclic) bond motifs is 1. The van der Waals surface area contributed by atoms with E-state index < -0.39 is 5.97 Å². The number of benzene rings is 2. The number of anilines is 1. The number of carbonyl (C=O) groups is 2. The molecule has 0 aromatic heterocycles. The van der Waals surface area contributed by atoms with Gasteiger partial charge in [0.15, 0.2) is 5.71 Å². The van der Waals surface area contributed by atoms with Crippen LogP contribution in [0.25, 0.3) is 0 Å². The van der Waals surface area contributed by atoms with E-state index in [-0.39, 0.29) is 17.7 Å². The van der Waals surface area contributed by atoms with Gasteiger partial charge in [0.2, 0.25) is 11.6 Å². The number of amides is 1. The molecular formula is C26H29N2O3+. The first-order valence-electron chi connectivity index (χ1n) is 10.5. The zero-order valence-corrected chi connectivity index (χ0v) is 18.5. The monoisotopic (exact) mass is 417 g/mol. The van der Waals surface area contributed by atoms with Crippen LogP contribution in [-0.2, 0) is 21.4 Å². The Bertz CT molecular complexity index is 1080. The van der Waals surface area contributed by atoms with Crippen molar-refractivity contribution in [3.8, 4) is 0 Å². The van der Waals surface area contributed by atoms with Gasteiger partial charge in [0.25, 0.3) is 0 Å². The first-order chi connectivity index (χ1) is 14.8. The lowest BCUT2D eigenvalue weighted by Gasteiger charge is -2.16. The molecule has 1 amide bonds. The van der Waals surface area contributed by atoms with Gasteiger partial charge < -0.3 is 5.11 Å². The average molecular weight is 418 g/mol. The van der Waals surface area contributed by atoms with Crippen LogP contribution >= 0.6 is 0 Å². The van der Waals surface area contributed by atoms with Crippen LogP contribution in [-0.4, -0.2) is 33.8 Å². The largest absolute Gasteiger partial charge is 0.481 e. The summed E-state index contributed by atoms with van der Waals surface area (Å²) in [6.45, 7) is 8.76. The molecule has 2 aromatic rings. The van der Waals surface area contributed by atoms with Crippen molar-refractivity contribution in [2.75, 3.05) is 11.4 Å². The van der Waals surface area contributed by atoms with Crippen molar-refractivity contribution < 1.29 is 19.3 Å². The second-order valence-corrected chi connectivity index (χ2v) is 8.10. The van der Waals surface area contributed by atoms with E-state index in [0.717, 1.165) is 34.8 Å². The Kier molecular flexibility index (Phi) is 6.54. The minimum absolute atomic E-state index is 0.0176. The van der Waals surface area contributed by atoms with Crippen molar-refractivity contribution in [1.82, 2.24) is 0 Å². The molecule has 5 heteroatoms. The van der Waals surface area contributed by atoms with Crippen molar-refractivity contribution in [3.63, 3.8) is 0 Å². The molecule has 0 aliphatic carbocycles. The summed E-state index contributed by atoms with van der Waals surface area (Å²) in [6.07, 6.45) is 7.67. The third-order valence-electron chi connectivity index (χ3n) is 5.60. The number of aliphatic carboxylic acids is 1. The fourth-order valence-corrected chi connectivity index (χ4v) is 4.09. The fourth-order valence-electron chi connectivity index (χ4n) is 4.09. The molecule has 0 bridgehead atoms. The zero-order valence-electron chi connectivity index (χ0n) is 18.5. The van der Waals surface area contributed by atoms with E-state index in [9.17, 15) is 9.59 Å². The number of para-hydroxylation sites is 1. The van der Waals surface area contributed by atoms with E-state index in [4.69, 9.17) is 5.11 Å². The third-order valence-corrected chi connectivity index (χ3v) is 5.60. The van der Waals surface area contributed by atoms with Gasteiger partial charge in [0, 0.05) is 36.5 Å². The van der Waals surface area contributed by atoms with Crippen LogP contribution in [0, 0.1) is 0 Å². The Morgan fingerprint density at radius 2 is 1.81 bits per heavy atom. The van der Waals surface area contributed by atoms with Gasteiger partial charge in [0.1, 0.15) is 6.54 Å². The van der Waals surface area contributed by atoms with Gasteiger partial charge in [0.05, 0.1) is 11.8 Å². The lowest BCUT2D eigenvalue weighted by molar-refractivity contribution is -0.433. The SMILES string of the molecule is CC[N+]1=C(/C=C/C=C\N(C(C)=O)c2ccccc2)C(C)(C)c2cc(CC(=O)O)ccc21. The standard InChI is InChI=1S/C26H28N2O3/c1-5-27-23-15-14-20(18-25(30)31)17-22(23)26(3,4)24(27)13-9-10-16-28(19(2)29)21-11-7-6-8-12-21/h6-17H,5,18H2,1-4H3/p+1. The normalized spacial score (nSPS) is 15.0. The van der Waals surface area contributed by atoms with E-state index in [0.29, 0.717) is 0 Å². The van der Waals surface area contributed by atoms with Gasteiger partial charge in [-0.05, 0) is 50.6 Å². The molecule has 0 radical (unpaired) electrons. The van der Waals surface area contributed by atoms with E-state index in [2.05, 4.69) is 31.4 Å². The number of carboxylic acid groups (broad SMARTS) is 1. The number of carbonyl (C=O) groups excluding carboxylic acids is 1. The van der Waals surface area contributed by atoms with E-state index in [1.165, 1.54) is 0 Å². The van der Waals surface area contributed by atoms with Crippen LogP contribution in [0.1, 0.15) is 38.8 Å². The maximum atomic E-state index is 12.0. The van der Waals surface area contributed by atoms with Gasteiger partial charge >= 0.3 is 5.97 Å². The summed E-state index contributed by atoms with van der Waals surface area (Å²) in [6, 6.07) is 15.4. The molecule has 3 rings (SSSR count). The number of carboxylic acids is 1. The summed E-state index contributed by atoms with van der Waals surface area (Å²) in [5.41, 5.74) is 4.74. The minimum Gasteiger partial charge on any atom is -0.481 e. The highest BCUT2D eigenvalue weighted by Gasteiger charge is 2.43. The van der Waals surface area contributed by atoms with E-state index in [1.807, 2.05) is 60.7 Å². The maximum Gasteiger partial charge on any atom is 0.307 e. The lowest BCUT2D eigenvalue weighted by Crippen LogP contribution is -2.27. The molecule has 0 saturated heterocycles. The third kappa shape index (κ3) is 4.66. The first-order valence-corrected chi connectivity index (χ1v) is 10.5. The summed E-state index contributed by atoms with van der Waals surface area (Å²) in [7, 11) is 0. The number of nitrogens with zero attached hydrogens (tertiary/aromatic N) is 2. The van der Waals surface area contributed by atoms with Crippen LogP contribution in [0.5, 0.6) is 0 Å². The Labute approximate surface area is 183 Å². The lowest BCUT2D eigenvalue weighted by atomic mass is 9.80. The molecule has 31 heavy (non-hydrogen) atoms. The topological polar surface area (TPSA) is 60.6 Å². The summed E-state index contributed by atoms with van der Waals surface area (Å²) < 4.78 is 2.25. The highest BCUT2D eigenvalue weighted by atomic mass is 16.4. The first kappa shape index (κ1) is 22.2. The highest BCUT2D eigenvalue weighted by molar-refractivity contribution is 6.03. The summed E-state index contributed by atoms with van der Waals surface area (Å²) in [4.78, 5) is 24.8. The second kappa shape index (κ2) is 9.13. The Morgan fingerprint density at radius 3 is 2.42 bits per heavy atom. The summed E-state index contributed by atoms with van der Waals surface area (Å²) in [5, 5.41) is 9.14. The van der Waals surface area contributed by atoms with Gasteiger partial charge in [-0.2, -0.15) is 4.58 Å². The molecule has 0 unspecified atom stereocenters. The van der Waals surface area contributed by atoms with Crippen LogP contribution in [0.15, 0.2) is 73.0 Å². The van der Waals surface area contributed by atoms with Crippen molar-refractivity contribution in [2.24, 2.45) is 0 Å². The smallest absolute Gasteiger partial charge is 0.307 e. The quantitative estimate of drug-likeness (QED) is 0.518. The molecule has 1 aliphatic rings. The van der Waals surface area contributed by atoms with Crippen LogP contribution in [0.3, 0.4) is 0 Å². The summed E-state index contributed by atoms with van der Waals surface area (Å²) in [5.74, 6) is -0.885. The number of rotatable bonds is 7. The minimum atomic E-state index is -0.828.